The van der Waals surface area contributed by atoms with Gasteiger partial charge in [-0.3, -0.25) is 4.79 Å². The minimum absolute atomic E-state index is 0.211. The maximum Gasteiger partial charge on any atom is 0.238 e. The molecule has 1 fully saturated rings. The molecule has 2 atom stereocenters. The van der Waals surface area contributed by atoms with Crippen LogP contribution in [0.4, 0.5) is 0 Å². The number of nitrogens with zero attached hydrogens (tertiary/aromatic N) is 1. The third kappa shape index (κ3) is 1.98. The summed E-state index contributed by atoms with van der Waals surface area (Å²) in [6.45, 7) is 0.845. The number of hydrogen-bond donors (Lipinski definition) is 0. The van der Waals surface area contributed by atoms with Crippen molar-refractivity contribution in [3.05, 3.63) is 83.9 Å². The molecule has 116 valence electrons. The first-order valence-electron chi connectivity index (χ1n) is 8.28. The van der Waals surface area contributed by atoms with Crippen molar-refractivity contribution in [2.24, 2.45) is 11.8 Å². The molecule has 0 saturated carbocycles. The number of benzene rings is 2. The van der Waals surface area contributed by atoms with Crippen LogP contribution in [0.1, 0.15) is 17.5 Å². The van der Waals surface area contributed by atoms with Gasteiger partial charge < -0.3 is 4.90 Å². The third-order valence-electron chi connectivity index (χ3n) is 5.44. The van der Waals surface area contributed by atoms with Crippen LogP contribution in [-0.2, 0) is 10.2 Å². The van der Waals surface area contributed by atoms with E-state index < -0.39 is 5.41 Å². The highest BCUT2D eigenvalue weighted by Gasteiger charge is 2.55. The molecule has 1 amide bonds. The van der Waals surface area contributed by atoms with E-state index in [1.54, 1.807) is 0 Å². The molecule has 1 heterocycles. The van der Waals surface area contributed by atoms with Gasteiger partial charge >= 0.3 is 0 Å². The Balaban J connectivity index is 2.01. The lowest BCUT2D eigenvalue weighted by atomic mass is 9.60. The molecule has 2 heteroatoms. The molecular formula is C21H21NO. The van der Waals surface area contributed by atoms with Crippen molar-refractivity contribution < 1.29 is 4.79 Å². The molecule has 0 N–H and O–H groups in total. The highest BCUT2D eigenvalue weighted by Crippen LogP contribution is 2.50. The van der Waals surface area contributed by atoms with E-state index in [9.17, 15) is 4.79 Å². The van der Waals surface area contributed by atoms with Gasteiger partial charge in [-0.1, -0.05) is 72.8 Å². The standard InChI is InChI=1S/C21H21NO/c1-22-15-16-9-8-14-19(16)21(20(22)23,17-10-4-2-5-11-17)18-12-6-3-7-13-18/h2-8,10-14,16,19H,9,15H2,1H3/t16-,19-/m0/s1. The Morgan fingerprint density at radius 1 is 0.957 bits per heavy atom. The number of likely N-dealkylation sites (tertiary alicyclic amines) is 1. The van der Waals surface area contributed by atoms with E-state index in [0.717, 1.165) is 24.1 Å². The number of likely N-dealkylation sites (N-methyl/N-ethyl adjacent to an activating group) is 1. The molecule has 0 spiro atoms. The number of allylic oxidation sites excluding steroid dienone is 2. The normalized spacial score (nSPS) is 25.4. The summed E-state index contributed by atoms with van der Waals surface area (Å²) in [5, 5.41) is 0. The Hall–Kier alpha value is -2.35. The predicted octanol–water partition coefficient (Wildman–Crippen LogP) is 3.64. The van der Waals surface area contributed by atoms with E-state index in [1.165, 1.54) is 0 Å². The van der Waals surface area contributed by atoms with E-state index >= 15 is 0 Å². The quantitative estimate of drug-likeness (QED) is 0.776. The molecular weight excluding hydrogens is 282 g/mol. The number of amides is 1. The zero-order valence-electron chi connectivity index (χ0n) is 13.4. The summed E-state index contributed by atoms with van der Waals surface area (Å²) in [4.78, 5) is 15.4. The SMILES string of the molecule is CN1C[C@@H]2CC=C[C@@H]2C(c2ccccc2)(c2ccccc2)C1=O. The summed E-state index contributed by atoms with van der Waals surface area (Å²) in [5.41, 5.74) is 1.60. The zero-order chi connectivity index (χ0) is 15.9. The second-order valence-corrected chi connectivity index (χ2v) is 6.68. The molecule has 1 aliphatic carbocycles. The van der Waals surface area contributed by atoms with Gasteiger partial charge in [0, 0.05) is 19.5 Å². The van der Waals surface area contributed by atoms with Crippen molar-refractivity contribution in [1.29, 1.82) is 0 Å². The van der Waals surface area contributed by atoms with Crippen LogP contribution in [0, 0.1) is 11.8 Å². The Morgan fingerprint density at radius 2 is 1.52 bits per heavy atom. The van der Waals surface area contributed by atoms with E-state index in [2.05, 4.69) is 36.4 Å². The van der Waals surface area contributed by atoms with Gasteiger partial charge in [0.05, 0.1) is 0 Å². The molecule has 0 aromatic heterocycles. The van der Waals surface area contributed by atoms with Crippen LogP contribution in [0.2, 0.25) is 0 Å². The number of piperidine rings is 1. The van der Waals surface area contributed by atoms with Crippen molar-refractivity contribution in [1.82, 2.24) is 4.90 Å². The average Bonchev–Trinajstić information content (AvgIpc) is 3.06. The highest BCUT2D eigenvalue weighted by atomic mass is 16.2. The number of carbonyl (C=O) groups is 1. The van der Waals surface area contributed by atoms with E-state index in [4.69, 9.17) is 0 Å². The van der Waals surface area contributed by atoms with Gasteiger partial charge in [0.25, 0.3) is 0 Å². The van der Waals surface area contributed by atoms with Crippen LogP contribution in [-0.4, -0.2) is 24.4 Å². The van der Waals surface area contributed by atoms with Crippen molar-refractivity contribution in [2.75, 3.05) is 13.6 Å². The van der Waals surface area contributed by atoms with Crippen LogP contribution in [0.3, 0.4) is 0 Å². The third-order valence-corrected chi connectivity index (χ3v) is 5.44. The molecule has 2 aliphatic rings. The van der Waals surface area contributed by atoms with Crippen LogP contribution in [0.25, 0.3) is 0 Å². The fourth-order valence-electron chi connectivity index (χ4n) is 4.47. The van der Waals surface area contributed by atoms with Gasteiger partial charge in [-0.2, -0.15) is 0 Å². The van der Waals surface area contributed by atoms with Gasteiger partial charge in [-0.25, -0.2) is 0 Å². The van der Waals surface area contributed by atoms with Gasteiger partial charge in [-0.05, 0) is 23.5 Å². The Morgan fingerprint density at radius 3 is 2.09 bits per heavy atom. The predicted molar refractivity (Wildman–Crippen MR) is 92.0 cm³/mol. The van der Waals surface area contributed by atoms with Crippen LogP contribution < -0.4 is 0 Å². The summed E-state index contributed by atoms with van der Waals surface area (Å²) in [5.74, 6) is 0.941. The highest BCUT2D eigenvalue weighted by molar-refractivity contribution is 5.94. The minimum atomic E-state index is -0.604. The summed E-state index contributed by atoms with van der Waals surface area (Å²) in [7, 11) is 1.94. The fraction of sp³-hybridized carbons (Fsp3) is 0.286. The van der Waals surface area contributed by atoms with Crippen molar-refractivity contribution in [3.8, 4) is 0 Å². The van der Waals surface area contributed by atoms with Crippen LogP contribution >= 0.6 is 0 Å². The lowest BCUT2D eigenvalue weighted by molar-refractivity contribution is -0.141. The van der Waals surface area contributed by atoms with Crippen LogP contribution in [0.5, 0.6) is 0 Å². The molecule has 1 aliphatic heterocycles. The lowest BCUT2D eigenvalue weighted by Gasteiger charge is -2.48. The van der Waals surface area contributed by atoms with Crippen LogP contribution in [0.15, 0.2) is 72.8 Å². The fourth-order valence-corrected chi connectivity index (χ4v) is 4.47. The summed E-state index contributed by atoms with van der Waals surface area (Å²) >= 11 is 0. The van der Waals surface area contributed by atoms with E-state index in [1.807, 2.05) is 48.3 Å². The Labute approximate surface area is 137 Å². The first kappa shape index (κ1) is 14.3. The van der Waals surface area contributed by atoms with E-state index in [0.29, 0.717) is 5.92 Å². The Bertz CT molecular complexity index is 695. The molecule has 1 saturated heterocycles. The first-order chi connectivity index (χ1) is 11.2. The monoisotopic (exact) mass is 303 g/mol. The van der Waals surface area contributed by atoms with Gasteiger partial charge in [0.15, 0.2) is 0 Å². The topological polar surface area (TPSA) is 20.3 Å². The zero-order valence-corrected chi connectivity index (χ0v) is 13.4. The van der Waals surface area contributed by atoms with E-state index in [-0.39, 0.29) is 11.8 Å². The molecule has 2 nitrogen and oxygen atoms in total. The number of carbonyl (C=O) groups excluding carboxylic acids is 1. The van der Waals surface area contributed by atoms with Crippen molar-refractivity contribution in [2.45, 2.75) is 11.8 Å². The maximum absolute atomic E-state index is 13.5. The molecule has 2 aromatic carbocycles. The lowest BCUT2D eigenvalue weighted by Crippen LogP contribution is -2.58. The number of fused-ring (bicyclic) bond motifs is 1. The van der Waals surface area contributed by atoms with Gasteiger partial charge in [0.1, 0.15) is 5.41 Å². The molecule has 23 heavy (non-hydrogen) atoms. The van der Waals surface area contributed by atoms with Crippen molar-refractivity contribution in [3.63, 3.8) is 0 Å². The summed E-state index contributed by atoms with van der Waals surface area (Å²) in [6, 6.07) is 20.6. The first-order valence-corrected chi connectivity index (χ1v) is 8.28. The number of hydrogen-bond acceptors (Lipinski definition) is 1. The number of rotatable bonds is 2. The maximum atomic E-state index is 13.5. The second-order valence-electron chi connectivity index (χ2n) is 6.68. The molecule has 4 rings (SSSR count). The second kappa shape index (κ2) is 5.38. The summed E-state index contributed by atoms with van der Waals surface area (Å²) in [6.07, 6.45) is 5.58. The molecule has 0 bridgehead atoms. The smallest absolute Gasteiger partial charge is 0.238 e. The molecule has 2 aromatic rings. The molecule has 0 radical (unpaired) electrons. The summed E-state index contributed by atoms with van der Waals surface area (Å²) < 4.78 is 0. The minimum Gasteiger partial charge on any atom is -0.344 e. The van der Waals surface area contributed by atoms with Crippen molar-refractivity contribution >= 4 is 5.91 Å². The Kier molecular flexibility index (Phi) is 3.33. The average molecular weight is 303 g/mol. The largest absolute Gasteiger partial charge is 0.344 e. The molecule has 0 unspecified atom stereocenters. The van der Waals surface area contributed by atoms with Gasteiger partial charge in [-0.15, -0.1) is 0 Å². The van der Waals surface area contributed by atoms with Gasteiger partial charge in [0.2, 0.25) is 5.91 Å².